The predicted molar refractivity (Wildman–Crippen MR) is 96.9 cm³/mol. The molecule has 0 spiro atoms. The monoisotopic (exact) mass is 365 g/mol. The third kappa shape index (κ3) is 3.10. The number of hydrogen-bond acceptors (Lipinski definition) is 5. The summed E-state index contributed by atoms with van der Waals surface area (Å²) < 4.78 is 12.6. The molecule has 3 aromatic rings. The van der Waals surface area contributed by atoms with Crippen molar-refractivity contribution in [1.82, 2.24) is 4.57 Å². The summed E-state index contributed by atoms with van der Waals surface area (Å²) >= 11 is 0. The van der Waals surface area contributed by atoms with Crippen molar-refractivity contribution in [2.75, 3.05) is 6.79 Å². The lowest BCUT2D eigenvalue weighted by Crippen LogP contribution is -2.11. The van der Waals surface area contributed by atoms with Crippen molar-refractivity contribution in [3.05, 3.63) is 65.9 Å². The average Bonchev–Trinajstić information content (AvgIpc) is 3.25. The number of ketones is 1. The lowest BCUT2D eigenvalue weighted by Gasteiger charge is -2.11. The highest BCUT2D eigenvalue weighted by molar-refractivity contribution is 6.38. The molecule has 0 fully saturated rings. The van der Waals surface area contributed by atoms with E-state index >= 15 is 0 Å². The van der Waals surface area contributed by atoms with Crippen LogP contribution in [0.1, 0.15) is 11.3 Å². The molecule has 0 unspecified atom stereocenters. The number of aromatic nitrogens is 1. The maximum Gasteiger partial charge on any atom is 0.376 e. The summed E-state index contributed by atoms with van der Waals surface area (Å²) in [6, 6.07) is 14.8. The number of fused-ring (bicyclic) bond motifs is 2. The second-order valence-corrected chi connectivity index (χ2v) is 6.06. The Morgan fingerprint density at radius 3 is 2.44 bits per heavy atom. The first-order chi connectivity index (χ1) is 13.0. The van der Waals surface area contributed by atoms with Gasteiger partial charge in [-0.15, -0.1) is 0 Å². The van der Waals surface area contributed by atoms with Crippen LogP contribution in [0, 0.1) is 0 Å². The van der Waals surface area contributed by atoms with Crippen LogP contribution in [0.15, 0.2) is 54.6 Å². The SMILES string of the molecule is O=C(O)C(=O)/C=C(\O)c1cc2cc3c(cc2n1Cc1ccccc1)OCO3. The van der Waals surface area contributed by atoms with Gasteiger partial charge in [0, 0.05) is 24.1 Å². The molecule has 0 aliphatic carbocycles. The molecule has 0 saturated heterocycles. The third-order valence-electron chi connectivity index (χ3n) is 4.32. The van der Waals surface area contributed by atoms with E-state index in [0.29, 0.717) is 29.8 Å². The summed E-state index contributed by atoms with van der Waals surface area (Å²) in [6.45, 7) is 0.560. The van der Waals surface area contributed by atoms with Crippen LogP contribution in [-0.2, 0) is 16.1 Å². The van der Waals surface area contributed by atoms with Crippen LogP contribution in [0.3, 0.4) is 0 Å². The van der Waals surface area contributed by atoms with Crippen molar-refractivity contribution in [2.24, 2.45) is 0 Å². The first kappa shape index (κ1) is 16.7. The topological polar surface area (TPSA) is 98.0 Å². The molecule has 7 heteroatoms. The van der Waals surface area contributed by atoms with Crippen LogP contribution in [0.2, 0.25) is 0 Å². The molecule has 4 rings (SSSR count). The van der Waals surface area contributed by atoms with Crippen LogP contribution < -0.4 is 9.47 Å². The number of nitrogens with zero attached hydrogens (tertiary/aromatic N) is 1. The summed E-state index contributed by atoms with van der Waals surface area (Å²) in [4.78, 5) is 22.3. The van der Waals surface area contributed by atoms with Gasteiger partial charge in [-0.05, 0) is 17.7 Å². The van der Waals surface area contributed by atoms with Gasteiger partial charge in [0.05, 0.1) is 11.2 Å². The molecular formula is C20H15NO6. The number of carboxylic acid groups (broad SMARTS) is 1. The zero-order valence-corrected chi connectivity index (χ0v) is 14.1. The van der Waals surface area contributed by atoms with Crippen molar-refractivity contribution < 1.29 is 29.3 Å². The first-order valence-corrected chi connectivity index (χ1v) is 8.18. The van der Waals surface area contributed by atoms with Crippen molar-refractivity contribution in [2.45, 2.75) is 6.54 Å². The molecule has 2 heterocycles. The van der Waals surface area contributed by atoms with Gasteiger partial charge >= 0.3 is 5.97 Å². The lowest BCUT2D eigenvalue weighted by molar-refractivity contribution is -0.146. The number of benzene rings is 2. The summed E-state index contributed by atoms with van der Waals surface area (Å²) in [7, 11) is 0. The van der Waals surface area contributed by atoms with E-state index in [0.717, 1.165) is 16.5 Å². The highest BCUT2D eigenvalue weighted by atomic mass is 16.7. The van der Waals surface area contributed by atoms with Crippen LogP contribution in [0.4, 0.5) is 0 Å². The molecule has 136 valence electrons. The second kappa shape index (κ2) is 6.53. The summed E-state index contributed by atoms with van der Waals surface area (Å²) in [5.74, 6) is -2.06. The second-order valence-electron chi connectivity index (χ2n) is 6.06. The number of rotatable bonds is 5. The van der Waals surface area contributed by atoms with Crippen LogP contribution >= 0.6 is 0 Å². The van der Waals surface area contributed by atoms with Crippen molar-refractivity contribution in [1.29, 1.82) is 0 Å². The van der Waals surface area contributed by atoms with E-state index in [1.807, 2.05) is 30.3 Å². The molecule has 7 nitrogen and oxygen atoms in total. The van der Waals surface area contributed by atoms with Gasteiger partial charge in [-0.3, -0.25) is 4.79 Å². The number of ether oxygens (including phenoxy) is 2. The maximum absolute atomic E-state index is 11.5. The van der Waals surface area contributed by atoms with Gasteiger partial charge in [0.2, 0.25) is 6.79 Å². The Morgan fingerprint density at radius 2 is 1.74 bits per heavy atom. The minimum atomic E-state index is -1.63. The fourth-order valence-corrected chi connectivity index (χ4v) is 3.06. The number of aliphatic carboxylic acids is 1. The largest absolute Gasteiger partial charge is 0.506 e. The van der Waals surface area contributed by atoms with Gasteiger partial charge in [-0.1, -0.05) is 30.3 Å². The third-order valence-corrected chi connectivity index (χ3v) is 4.32. The van der Waals surface area contributed by atoms with E-state index in [1.165, 1.54) is 0 Å². The Hall–Kier alpha value is -3.74. The standard InChI is InChI=1S/C20H15NO6/c22-16(9-17(23)20(24)25)15-6-13-7-18-19(27-11-26-18)8-14(13)21(15)10-12-4-2-1-3-5-12/h1-9,22H,10-11H2,(H,24,25)/b16-9-. The van der Waals surface area contributed by atoms with E-state index in [-0.39, 0.29) is 6.79 Å². The minimum absolute atomic E-state index is 0.145. The smallest absolute Gasteiger partial charge is 0.376 e. The van der Waals surface area contributed by atoms with Crippen molar-refractivity contribution in [3.63, 3.8) is 0 Å². The fraction of sp³-hybridized carbons (Fsp3) is 0.100. The molecule has 0 bridgehead atoms. The Bertz CT molecular complexity index is 1080. The van der Waals surface area contributed by atoms with E-state index in [1.54, 1.807) is 22.8 Å². The molecule has 0 saturated carbocycles. The van der Waals surface area contributed by atoms with Gasteiger partial charge < -0.3 is 24.3 Å². The predicted octanol–water partition coefficient (Wildman–Crippen LogP) is 2.97. The number of carboxylic acids is 1. The molecule has 1 aromatic heterocycles. The van der Waals surface area contributed by atoms with Crippen molar-refractivity contribution in [3.8, 4) is 11.5 Å². The number of carbonyl (C=O) groups is 2. The molecule has 2 aromatic carbocycles. The molecular weight excluding hydrogens is 350 g/mol. The average molecular weight is 365 g/mol. The number of hydrogen-bond donors (Lipinski definition) is 2. The van der Waals surface area contributed by atoms with Crippen LogP contribution in [-0.4, -0.2) is 33.3 Å². The summed E-state index contributed by atoms with van der Waals surface area (Å²) in [6.07, 6.45) is 0.707. The van der Waals surface area contributed by atoms with Crippen molar-refractivity contribution >= 4 is 28.4 Å². The van der Waals surface area contributed by atoms with Crippen LogP contribution in [0.25, 0.3) is 16.7 Å². The quantitative estimate of drug-likeness (QED) is 0.410. The van der Waals surface area contributed by atoms with E-state index in [9.17, 15) is 14.7 Å². The minimum Gasteiger partial charge on any atom is -0.506 e. The zero-order valence-electron chi connectivity index (χ0n) is 14.1. The van der Waals surface area contributed by atoms with Gasteiger partial charge in [0.25, 0.3) is 5.78 Å². The summed E-state index contributed by atoms with van der Waals surface area (Å²) in [5.41, 5.74) is 2.07. The number of carbonyl (C=O) groups excluding carboxylic acids is 1. The van der Waals surface area contributed by atoms with Crippen LogP contribution in [0.5, 0.6) is 11.5 Å². The summed E-state index contributed by atoms with van der Waals surface area (Å²) in [5, 5.41) is 20.0. The normalized spacial score (nSPS) is 13.1. The highest BCUT2D eigenvalue weighted by Crippen LogP contribution is 2.38. The Balaban J connectivity index is 1.87. The van der Waals surface area contributed by atoms with Gasteiger partial charge in [-0.2, -0.15) is 0 Å². The van der Waals surface area contributed by atoms with Gasteiger partial charge in [0.1, 0.15) is 5.76 Å². The zero-order chi connectivity index (χ0) is 19.0. The Kier molecular flexibility index (Phi) is 4.04. The molecule has 0 radical (unpaired) electrons. The number of aliphatic hydroxyl groups excluding tert-OH is 1. The molecule has 27 heavy (non-hydrogen) atoms. The lowest BCUT2D eigenvalue weighted by atomic mass is 10.2. The van der Waals surface area contributed by atoms with E-state index in [4.69, 9.17) is 14.6 Å². The molecule has 1 aliphatic rings. The molecule has 0 amide bonds. The Morgan fingerprint density at radius 1 is 1.04 bits per heavy atom. The molecule has 1 aliphatic heterocycles. The molecule has 0 atom stereocenters. The van der Waals surface area contributed by atoms with E-state index in [2.05, 4.69) is 0 Å². The number of aliphatic hydroxyl groups is 1. The highest BCUT2D eigenvalue weighted by Gasteiger charge is 2.20. The van der Waals surface area contributed by atoms with Gasteiger partial charge in [0.15, 0.2) is 11.5 Å². The fourth-order valence-electron chi connectivity index (χ4n) is 3.06. The van der Waals surface area contributed by atoms with Gasteiger partial charge in [-0.25, -0.2) is 4.79 Å². The molecule has 2 N–H and O–H groups in total. The maximum atomic E-state index is 11.5. The van der Waals surface area contributed by atoms with E-state index < -0.39 is 17.5 Å². The first-order valence-electron chi connectivity index (χ1n) is 8.18. The Labute approximate surface area is 153 Å².